The number of furan rings is 1. The number of rotatable bonds is 6. The highest BCUT2D eigenvalue weighted by Crippen LogP contribution is 2.38. The zero-order chi connectivity index (χ0) is 20.8. The van der Waals surface area contributed by atoms with Gasteiger partial charge in [0.2, 0.25) is 0 Å². The van der Waals surface area contributed by atoms with E-state index in [0.717, 1.165) is 43.3 Å². The summed E-state index contributed by atoms with van der Waals surface area (Å²) in [5.41, 5.74) is 1.01. The van der Waals surface area contributed by atoms with E-state index in [2.05, 4.69) is 20.5 Å². The molecule has 0 spiro atoms. The molecule has 2 aliphatic rings. The third kappa shape index (κ3) is 5.02. The molecule has 7 nitrogen and oxygen atoms in total. The van der Waals surface area contributed by atoms with Gasteiger partial charge in [-0.05, 0) is 55.8 Å². The van der Waals surface area contributed by atoms with E-state index >= 15 is 0 Å². The van der Waals surface area contributed by atoms with Crippen LogP contribution in [0.15, 0.2) is 39.9 Å². The Hall–Kier alpha value is -2.38. The van der Waals surface area contributed by atoms with E-state index in [1.807, 2.05) is 24.3 Å². The van der Waals surface area contributed by atoms with E-state index in [-0.39, 0.29) is 6.04 Å². The van der Waals surface area contributed by atoms with Gasteiger partial charge in [0.25, 0.3) is 0 Å². The highest BCUT2D eigenvalue weighted by molar-refractivity contribution is 6.32. The summed E-state index contributed by atoms with van der Waals surface area (Å²) in [6.07, 6.45) is 5.05. The fraction of sp³-hybridized carbons (Fsp3) is 0.500. The van der Waals surface area contributed by atoms with Crippen LogP contribution in [0.1, 0.15) is 36.6 Å². The van der Waals surface area contributed by atoms with E-state index in [1.54, 1.807) is 13.3 Å². The van der Waals surface area contributed by atoms with Crippen LogP contribution in [0.5, 0.6) is 11.5 Å². The van der Waals surface area contributed by atoms with Crippen molar-refractivity contribution in [3.05, 3.63) is 46.9 Å². The Kier molecular flexibility index (Phi) is 7.02. The molecule has 0 aliphatic carbocycles. The molecule has 0 radical (unpaired) electrons. The van der Waals surface area contributed by atoms with E-state index < -0.39 is 0 Å². The Morgan fingerprint density at radius 1 is 1.17 bits per heavy atom. The summed E-state index contributed by atoms with van der Waals surface area (Å²) in [7, 11) is 1.77. The number of benzene rings is 1. The molecule has 0 bridgehead atoms. The molecule has 1 unspecified atom stereocenters. The van der Waals surface area contributed by atoms with Crippen LogP contribution in [0.25, 0.3) is 0 Å². The van der Waals surface area contributed by atoms with Crippen molar-refractivity contribution < 1.29 is 13.9 Å². The van der Waals surface area contributed by atoms with Crippen LogP contribution in [0, 0.1) is 0 Å². The number of ether oxygens (including phenoxy) is 2. The average molecular weight is 433 g/mol. The predicted molar refractivity (Wildman–Crippen MR) is 118 cm³/mol. The number of aliphatic imine (C=N–C) groups is 1. The topological polar surface area (TPSA) is 71.3 Å². The third-order valence-electron chi connectivity index (χ3n) is 5.46. The van der Waals surface area contributed by atoms with Crippen LogP contribution in [-0.4, -0.2) is 50.8 Å². The van der Waals surface area contributed by atoms with Crippen molar-refractivity contribution in [2.24, 2.45) is 4.99 Å². The fourth-order valence-electron chi connectivity index (χ4n) is 3.93. The van der Waals surface area contributed by atoms with E-state index in [0.29, 0.717) is 36.3 Å². The minimum Gasteiger partial charge on any atom is -0.489 e. The van der Waals surface area contributed by atoms with Crippen LogP contribution in [0.2, 0.25) is 5.02 Å². The summed E-state index contributed by atoms with van der Waals surface area (Å²) in [6, 6.07) is 8.06. The lowest BCUT2D eigenvalue weighted by molar-refractivity contribution is 0.215. The van der Waals surface area contributed by atoms with Gasteiger partial charge >= 0.3 is 0 Å². The van der Waals surface area contributed by atoms with Gasteiger partial charge < -0.3 is 24.5 Å². The average Bonchev–Trinajstić information content (AvgIpc) is 3.42. The molecule has 3 heterocycles. The summed E-state index contributed by atoms with van der Waals surface area (Å²) in [6.45, 7) is 4.73. The molecule has 8 heteroatoms. The Morgan fingerprint density at radius 3 is 2.77 bits per heavy atom. The van der Waals surface area contributed by atoms with Gasteiger partial charge in [0.15, 0.2) is 17.5 Å². The van der Waals surface area contributed by atoms with Crippen molar-refractivity contribution in [1.82, 2.24) is 15.5 Å². The first kappa shape index (κ1) is 20.9. The molecule has 0 saturated carbocycles. The summed E-state index contributed by atoms with van der Waals surface area (Å²) in [5, 5.41) is 7.37. The summed E-state index contributed by atoms with van der Waals surface area (Å²) in [4.78, 5) is 6.83. The smallest absolute Gasteiger partial charge is 0.191 e. The monoisotopic (exact) mass is 432 g/mol. The summed E-state index contributed by atoms with van der Waals surface area (Å²) in [5.74, 6) is 3.04. The van der Waals surface area contributed by atoms with Crippen molar-refractivity contribution in [3.63, 3.8) is 0 Å². The number of hydrogen-bond donors (Lipinski definition) is 2. The van der Waals surface area contributed by atoms with Gasteiger partial charge in [-0.1, -0.05) is 11.6 Å². The van der Waals surface area contributed by atoms with Gasteiger partial charge in [-0.25, -0.2) is 0 Å². The number of nitrogens with zero attached hydrogens (tertiary/aromatic N) is 2. The molecular weight excluding hydrogens is 404 g/mol. The molecule has 2 aromatic rings. The maximum absolute atomic E-state index is 6.41. The van der Waals surface area contributed by atoms with Gasteiger partial charge in [0.1, 0.15) is 5.76 Å². The second-order valence-corrected chi connectivity index (χ2v) is 7.94. The number of likely N-dealkylation sites (tertiary alicyclic amines) is 1. The van der Waals surface area contributed by atoms with Crippen molar-refractivity contribution >= 4 is 17.6 Å². The lowest BCUT2D eigenvalue weighted by atomic mass is 10.2. The number of guanidine groups is 1. The van der Waals surface area contributed by atoms with E-state index in [4.69, 9.17) is 25.5 Å². The van der Waals surface area contributed by atoms with Crippen LogP contribution in [-0.2, 0) is 6.54 Å². The molecule has 1 atom stereocenters. The number of fused-ring (bicyclic) bond motifs is 1. The molecule has 0 amide bonds. The zero-order valence-corrected chi connectivity index (χ0v) is 18.1. The molecule has 30 heavy (non-hydrogen) atoms. The van der Waals surface area contributed by atoms with Gasteiger partial charge in [-0.15, -0.1) is 0 Å². The highest BCUT2D eigenvalue weighted by Gasteiger charge is 2.25. The van der Waals surface area contributed by atoms with Crippen LogP contribution >= 0.6 is 11.6 Å². The van der Waals surface area contributed by atoms with E-state index in [9.17, 15) is 0 Å². The maximum atomic E-state index is 6.41. The first-order valence-electron chi connectivity index (χ1n) is 10.5. The van der Waals surface area contributed by atoms with Crippen molar-refractivity contribution in [2.75, 3.05) is 39.9 Å². The highest BCUT2D eigenvalue weighted by atomic mass is 35.5. The standard InChI is InChI=1S/C22H29ClN4O3/c1-24-22(26-15-18(19-6-4-9-28-19)27-7-2-3-8-27)25-14-16-12-17(23)21-20(13-16)29-10-5-11-30-21/h4,6,9,12-13,18H,2-3,5,7-8,10-11,14-15H2,1H3,(H2,24,25,26). The molecule has 4 rings (SSSR count). The first-order valence-corrected chi connectivity index (χ1v) is 10.9. The first-order chi connectivity index (χ1) is 14.7. The molecular formula is C22H29ClN4O3. The van der Waals surface area contributed by atoms with Crippen LogP contribution < -0.4 is 20.1 Å². The second-order valence-electron chi connectivity index (χ2n) is 7.54. The lowest BCUT2D eigenvalue weighted by Gasteiger charge is -2.26. The number of nitrogens with one attached hydrogen (secondary N) is 2. The van der Waals surface area contributed by atoms with Gasteiger partial charge in [0.05, 0.1) is 30.5 Å². The van der Waals surface area contributed by atoms with Gasteiger partial charge in [-0.2, -0.15) is 0 Å². The fourth-order valence-corrected chi connectivity index (χ4v) is 4.22. The van der Waals surface area contributed by atoms with Gasteiger partial charge in [0, 0.05) is 26.6 Å². The number of halogens is 1. The minimum atomic E-state index is 0.188. The Labute approximate surface area is 182 Å². The van der Waals surface area contributed by atoms with E-state index in [1.165, 1.54) is 12.8 Å². The SMILES string of the molecule is CN=C(NCc1cc(Cl)c2c(c1)OCCCO2)NCC(c1ccco1)N1CCCC1. The molecule has 1 saturated heterocycles. The molecule has 2 aliphatic heterocycles. The predicted octanol–water partition coefficient (Wildman–Crippen LogP) is 3.60. The minimum absolute atomic E-state index is 0.188. The number of hydrogen-bond acceptors (Lipinski definition) is 5. The van der Waals surface area contributed by atoms with Gasteiger partial charge in [-0.3, -0.25) is 9.89 Å². The van der Waals surface area contributed by atoms with Crippen LogP contribution in [0.4, 0.5) is 0 Å². The Balaban J connectivity index is 1.37. The second kappa shape index (κ2) is 10.1. The van der Waals surface area contributed by atoms with Crippen molar-refractivity contribution in [1.29, 1.82) is 0 Å². The molecule has 1 aromatic heterocycles. The molecule has 2 N–H and O–H groups in total. The zero-order valence-electron chi connectivity index (χ0n) is 17.3. The Morgan fingerprint density at radius 2 is 2.00 bits per heavy atom. The van der Waals surface area contributed by atoms with Crippen LogP contribution in [0.3, 0.4) is 0 Å². The third-order valence-corrected chi connectivity index (χ3v) is 5.74. The largest absolute Gasteiger partial charge is 0.489 e. The van der Waals surface area contributed by atoms with Crippen molar-refractivity contribution in [3.8, 4) is 11.5 Å². The summed E-state index contributed by atoms with van der Waals surface area (Å²) < 4.78 is 17.2. The Bertz CT molecular complexity index is 850. The normalized spacial score (nSPS) is 18.1. The quantitative estimate of drug-likeness (QED) is 0.537. The summed E-state index contributed by atoms with van der Waals surface area (Å²) >= 11 is 6.41. The van der Waals surface area contributed by atoms with Crippen molar-refractivity contribution in [2.45, 2.75) is 31.8 Å². The molecule has 1 aromatic carbocycles. The lowest BCUT2D eigenvalue weighted by Crippen LogP contribution is -2.42. The molecule has 1 fully saturated rings. The maximum Gasteiger partial charge on any atom is 0.191 e. The molecule has 162 valence electrons.